The third-order valence-electron chi connectivity index (χ3n) is 2.48. The zero-order valence-electron chi connectivity index (χ0n) is 8.01. The maximum Gasteiger partial charge on any atom is 0.309 e. The second-order valence-corrected chi connectivity index (χ2v) is 3.66. The zero-order chi connectivity index (χ0) is 8.97. The van der Waals surface area contributed by atoms with Crippen LogP contribution < -0.4 is 0 Å². The highest BCUT2D eigenvalue weighted by atomic mass is 16.5. The van der Waals surface area contributed by atoms with Crippen LogP contribution in [0.1, 0.15) is 46.0 Å². The predicted molar refractivity (Wildman–Crippen MR) is 47.8 cm³/mol. The van der Waals surface area contributed by atoms with E-state index in [1.54, 1.807) is 0 Å². The molecule has 0 spiro atoms. The van der Waals surface area contributed by atoms with Gasteiger partial charge in [-0.05, 0) is 26.2 Å². The van der Waals surface area contributed by atoms with Crippen molar-refractivity contribution in [2.45, 2.75) is 52.1 Å². The van der Waals surface area contributed by atoms with Gasteiger partial charge in [0.2, 0.25) is 0 Å². The molecule has 0 aromatic heterocycles. The molecule has 2 heteroatoms. The number of hydrogen-bond donors (Lipinski definition) is 0. The fourth-order valence-corrected chi connectivity index (χ4v) is 1.62. The molecule has 2 unspecified atom stereocenters. The van der Waals surface area contributed by atoms with Gasteiger partial charge in [0, 0.05) is 0 Å². The normalized spacial score (nSPS) is 30.0. The minimum atomic E-state index is 0.0298. The van der Waals surface area contributed by atoms with Crippen molar-refractivity contribution in [1.82, 2.24) is 0 Å². The summed E-state index contributed by atoms with van der Waals surface area (Å²) in [6, 6.07) is 0. The van der Waals surface area contributed by atoms with Crippen LogP contribution in [0.5, 0.6) is 0 Å². The van der Waals surface area contributed by atoms with Gasteiger partial charge >= 0.3 is 5.97 Å². The lowest BCUT2D eigenvalue weighted by molar-refractivity contribution is -0.159. The summed E-state index contributed by atoms with van der Waals surface area (Å²) in [4.78, 5) is 11.3. The summed E-state index contributed by atoms with van der Waals surface area (Å²) in [5.41, 5.74) is 0. The molecule has 1 heterocycles. The van der Waals surface area contributed by atoms with Crippen LogP contribution in [0, 0.1) is 5.92 Å². The molecule has 2 atom stereocenters. The van der Waals surface area contributed by atoms with Gasteiger partial charge in [-0.15, -0.1) is 0 Å². The Morgan fingerprint density at radius 1 is 1.50 bits per heavy atom. The number of ether oxygens (including phenoxy) is 1. The summed E-state index contributed by atoms with van der Waals surface area (Å²) in [7, 11) is 0. The molecule has 2 nitrogen and oxygen atoms in total. The molecule has 0 amide bonds. The number of hydrogen-bond acceptors (Lipinski definition) is 2. The van der Waals surface area contributed by atoms with Crippen molar-refractivity contribution in [3.63, 3.8) is 0 Å². The minimum absolute atomic E-state index is 0.0298. The standard InChI is InChI=1S/C10H18O2/c1-3-4-5-9-7-6-8(2)12-10(9)11/h8-9H,3-7H2,1-2H3. The Morgan fingerprint density at radius 3 is 2.83 bits per heavy atom. The number of rotatable bonds is 3. The van der Waals surface area contributed by atoms with Crippen LogP contribution in [-0.4, -0.2) is 12.1 Å². The Kier molecular flexibility index (Phi) is 3.57. The first-order chi connectivity index (χ1) is 5.74. The maximum atomic E-state index is 11.3. The van der Waals surface area contributed by atoms with E-state index in [4.69, 9.17) is 4.74 Å². The van der Waals surface area contributed by atoms with E-state index >= 15 is 0 Å². The molecule has 0 saturated carbocycles. The smallest absolute Gasteiger partial charge is 0.309 e. The van der Waals surface area contributed by atoms with E-state index in [1.807, 2.05) is 6.92 Å². The Balaban J connectivity index is 2.30. The quantitative estimate of drug-likeness (QED) is 0.608. The molecule has 0 radical (unpaired) electrons. The van der Waals surface area contributed by atoms with Gasteiger partial charge in [-0.2, -0.15) is 0 Å². The molecule has 1 saturated heterocycles. The number of unbranched alkanes of at least 4 members (excludes halogenated alkanes) is 1. The third-order valence-corrected chi connectivity index (χ3v) is 2.48. The molecule has 1 rings (SSSR count). The van der Waals surface area contributed by atoms with Crippen molar-refractivity contribution in [3.05, 3.63) is 0 Å². The summed E-state index contributed by atoms with van der Waals surface area (Å²) >= 11 is 0. The molecule has 70 valence electrons. The first kappa shape index (κ1) is 9.56. The van der Waals surface area contributed by atoms with Crippen LogP contribution in [-0.2, 0) is 9.53 Å². The fourth-order valence-electron chi connectivity index (χ4n) is 1.62. The van der Waals surface area contributed by atoms with Crippen molar-refractivity contribution in [2.75, 3.05) is 0 Å². The molecule has 1 fully saturated rings. The molecule has 0 bridgehead atoms. The lowest BCUT2D eigenvalue weighted by Crippen LogP contribution is -2.29. The summed E-state index contributed by atoms with van der Waals surface area (Å²) in [5.74, 6) is 0.225. The summed E-state index contributed by atoms with van der Waals surface area (Å²) in [6.45, 7) is 4.12. The highest BCUT2D eigenvalue weighted by Crippen LogP contribution is 2.24. The largest absolute Gasteiger partial charge is 0.462 e. The van der Waals surface area contributed by atoms with Gasteiger partial charge in [0.05, 0.1) is 12.0 Å². The van der Waals surface area contributed by atoms with Crippen molar-refractivity contribution in [1.29, 1.82) is 0 Å². The van der Waals surface area contributed by atoms with Gasteiger partial charge in [-0.1, -0.05) is 19.8 Å². The van der Waals surface area contributed by atoms with Crippen molar-refractivity contribution in [2.24, 2.45) is 5.92 Å². The molecule has 0 aromatic rings. The lowest BCUT2D eigenvalue weighted by atomic mass is 9.93. The van der Waals surface area contributed by atoms with E-state index < -0.39 is 0 Å². The topological polar surface area (TPSA) is 26.3 Å². The van der Waals surface area contributed by atoms with Gasteiger partial charge in [-0.3, -0.25) is 4.79 Å². The van der Waals surface area contributed by atoms with Gasteiger partial charge < -0.3 is 4.74 Å². The lowest BCUT2D eigenvalue weighted by Gasteiger charge is -2.25. The maximum absolute atomic E-state index is 11.3. The van der Waals surface area contributed by atoms with E-state index in [0.717, 1.165) is 25.7 Å². The van der Waals surface area contributed by atoms with Crippen LogP contribution in [0.3, 0.4) is 0 Å². The molecule has 0 N–H and O–H groups in total. The van der Waals surface area contributed by atoms with Crippen LogP contribution in [0.4, 0.5) is 0 Å². The molecular formula is C10H18O2. The minimum Gasteiger partial charge on any atom is -0.462 e. The average Bonchev–Trinajstić information content (AvgIpc) is 2.03. The Morgan fingerprint density at radius 2 is 2.25 bits per heavy atom. The number of esters is 1. The van der Waals surface area contributed by atoms with Gasteiger partial charge in [0.1, 0.15) is 0 Å². The van der Waals surface area contributed by atoms with Crippen molar-refractivity contribution < 1.29 is 9.53 Å². The number of carbonyl (C=O) groups excluding carboxylic acids is 1. The van der Waals surface area contributed by atoms with E-state index in [9.17, 15) is 4.79 Å². The van der Waals surface area contributed by atoms with Crippen LogP contribution in [0.25, 0.3) is 0 Å². The van der Waals surface area contributed by atoms with Gasteiger partial charge in [0.15, 0.2) is 0 Å². The second kappa shape index (κ2) is 4.48. The van der Waals surface area contributed by atoms with Gasteiger partial charge in [-0.25, -0.2) is 0 Å². The van der Waals surface area contributed by atoms with E-state index in [-0.39, 0.29) is 18.0 Å². The molecule has 12 heavy (non-hydrogen) atoms. The molecular weight excluding hydrogens is 152 g/mol. The Bertz CT molecular complexity index is 152. The SMILES string of the molecule is CCCCC1CCC(C)OC1=O. The first-order valence-corrected chi connectivity index (χ1v) is 4.94. The predicted octanol–water partition coefficient (Wildman–Crippen LogP) is 2.52. The van der Waals surface area contributed by atoms with Gasteiger partial charge in [0.25, 0.3) is 0 Å². The summed E-state index contributed by atoms with van der Waals surface area (Å²) in [6.07, 6.45) is 5.55. The Labute approximate surface area is 74.3 Å². The van der Waals surface area contributed by atoms with E-state index in [0.29, 0.717) is 0 Å². The Hall–Kier alpha value is -0.530. The fraction of sp³-hybridized carbons (Fsp3) is 0.900. The number of carbonyl (C=O) groups is 1. The van der Waals surface area contributed by atoms with Crippen molar-refractivity contribution >= 4 is 5.97 Å². The monoisotopic (exact) mass is 170 g/mol. The molecule has 0 aromatic carbocycles. The van der Waals surface area contributed by atoms with Crippen molar-refractivity contribution in [3.8, 4) is 0 Å². The highest BCUT2D eigenvalue weighted by molar-refractivity contribution is 5.73. The summed E-state index contributed by atoms with van der Waals surface area (Å²) in [5, 5.41) is 0. The molecule has 1 aliphatic heterocycles. The zero-order valence-corrected chi connectivity index (χ0v) is 8.01. The van der Waals surface area contributed by atoms with E-state index in [2.05, 4.69) is 6.92 Å². The van der Waals surface area contributed by atoms with Crippen LogP contribution in [0.2, 0.25) is 0 Å². The third kappa shape index (κ3) is 2.50. The van der Waals surface area contributed by atoms with Crippen LogP contribution in [0.15, 0.2) is 0 Å². The summed E-state index contributed by atoms with van der Waals surface area (Å²) < 4.78 is 5.16. The van der Waals surface area contributed by atoms with E-state index in [1.165, 1.54) is 6.42 Å². The average molecular weight is 170 g/mol. The van der Waals surface area contributed by atoms with Crippen LogP contribution >= 0.6 is 0 Å². The highest BCUT2D eigenvalue weighted by Gasteiger charge is 2.26. The second-order valence-electron chi connectivity index (χ2n) is 3.66. The number of cyclic esters (lactones) is 1. The molecule has 0 aliphatic carbocycles. The first-order valence-electron chi connectivity index (χ1n) is 4.94. The molecule has 1 aliphatic rings.